The van der Waals surface area contributed by atoms with Crippen LogP contribution in [0.25, 0.3) is 33.2 Å². The number of aliphatic hydroxyl groups excluding tert-OH is 1. The molecule has 0 amide bonds. The van der Waals surface area contributed by atoms with Crippen LogP contribution in [0.2, 0.25) is 0 Å². The van der Waals surface area contributed by atoms with E-state index in [-0.39, 0.29) is 31.6 Å². The Labute approximate surface area is 342 Å². The summed E-state index contributed by atoms with van der Waals surface area (Å²) in [6.45, 7) is 10.2. The van der Waals surface area contributed by atoms with Crippen molar-refractivity contribution in [3.63, 3.8) is 0 Å². The molecule has 1 radical (unpaired) electrons. The molecule has 1 N–H and O–H groups in total. The van der Waals surface area contributed by atoms with Gasteiger partial charge in [0.1, 0.15) is 0 Å². The summed E-state index contributed by atoms with van der Waals surface area (Å²) in [5.41, 5.74) is 7.65. The molecule has 6 aromatic rings. The second-order valence-corrected chi connectivity index (χ2v) is 14.3. The average Bonchev–Trinajstić information content (AvgIpc) is 3.22. The predicted octanol–water partition coefficient (Wildman–Crippen LogP) is 14.1. The first-order valence-corrected chi connectivity index (χ1v) is 19.5. The number of hydrogen-bond acceptors (Lipinski definition) is 3. The number of ketones is 1. The van der Waals surface area contributed by atoms with Crippen LogP contribution in [0.5, 0.6) is 0 Å². The summed E-state index contributed by atoms with van der Waals surface area (Å²) in [7, 11) is 0. The summed E-state index contributed by atoms with van der Waals surface area (Å²) >= 11 is 0. The Morgan fingerprint density at radius 1 is 0.764 bits per heavy atom. The largest absolute Gasteiger partial charge is 0.512 e. The molecule has 285 valence electrons. The van der Waals surface area contributed by atoms with Gasteiger partial charge in [0.25, 0.3) is 0 Å². The van der Waals surface area contributed by atoms with Crippen molar-refractivity contribution in [3.8, 4) is 22.4 Å². The summed E-state index contributed by atoms with van der Waals surface area (Å²) < 4.78 is 0. The summed E-state index contributed by atoms with van der Waals surface area (Å²) in [6, 6.07) is 48.9. The molecule has 55 heavy (non-hydrogen) atoms. The molecule has 1 aromatic heterocycles. The normalized spacial score (nSPS) is 12.7. The topological polar surface area (TPSA) is 50.2 Å². The number of carbonyl (C=O) groups is 1. The number of carbonyl (C=O) groups excluding carboxylic acids is 1. The summed E-state index contributed by atoms with van der Waals surface area (Å²) in [5, 5.41) is 11.7. The second-order valence-electron chi connectivity index (χ2n) is 14.3. The number of hydrogen-bond donors (Lipinski definition) is 1. The number of aliphatic hydroxyl groups is 1. The minimum atomic E-state index is -0.185. The van der Waals surface area contributed by atoms with Crippen molar-refractivity contribution in [2.45, 2.75) is 77.6 Å². The third kappa shape index (κ3) is 12.8. The average molecular weight is 905 g/mol. The van der Waals surface area contributed by atoms with Gasteiger partial charge in [-0.2, -0.15) is 0 Å². The Bertz CT molecular complexity index is 2060. The molecule has 5 aromatic carbocycles. The number of benzene rings is 5. The van der Waals surface area contributed by atoms with Gasteiger partial charge >= 0.3 is 0 Å². The standard InChI is InChI=1S/C36H44O2.C15H10N.Ir/c1-5-7-11-29(6-2)15-17-32(31-12-9-8-10-13-31)16-14-27(3)30-18-20-33(21-19-30)34-22-24-35(25-23-34)36(38)26-28(4)37;1-2-7-13(8-3-1)15-14-9-5-4-6-12(14)10-11-16-15;/h6,8-10,12-13,18-27,29,32,37H,2,5,7,11,14-17H2,1,3-4H3;1-7,9-11H;/q;-1;/b28-26-;;. The molecule has 0 aliphatic carbocycles. The maximum absolute atomic E-state index is 12.1. The Kier molecular flexibility index (Phi) is 17.5. The third-order valence-electron chi connectivity index (χ3n) is 10.3. The van der Waals surface area contributed by atoms with Crippen molar-refractivity contribution >= 4 is 16.6 Å². The molecule has 1 heterocycles. The molecule has 3 nitrogen and oxygen atoms in total. The molecule has 0 saturated heterocycles. The molecule has 4 heteroatoms. The van der Waals surface area contributed by atoms with Crippen molar-refractivity contribution in [3.05, 3.63) is 187 Å². The predicted molar refractivity (Wildman–Crippen MR) is 228 cm³/mol. The first kappa shape index (κ1) is 42.8. The van der Waals surface area contributed by atoms with Gasteiger partial charge in [0.05, 0.1) is 5.76 Å². The summed E-state index contributed by atoms with van der Waals surface area (Å²) in [6.07, 6.45) is 13.8. The van der Waals surface area contributed by atoms with Gasteiger partial charge in [-0.3, -0.25) is 4.79 Å². The zero-order valence-corrected chi connectivity index (χ0v) is 34.9. The number of nitrogens with zero attached hydrogens (tertiary/aromatic N) is 1. The van der Waals surface area contributed by atoms with Gasteiger partial charge in [-0.05, 0) is 102 Å². The number of aromatic nitrogens is 1. The van der Waals surface area contributed by atoms with Crippen LogP contribution in [0.1, 0.15) is 99.0 Å². The SMILES string of the molecule is C=CC(CCCC)CCC(CCC(C)c1ccc(-c2ccc(C(=O)/C=C(/C)O)cc2)cc1)c1ccccc1.[Ir].[c-]1ccccc1-c1nccc2ccccc12. The van der Waals surface area contributed by atoms with Crippen LogP contribution in [-0.4, -0.2) is 15.9 Å². The fraction of sp³-hybridized carbons (Fsp3) is 0.255. The second kappa shape index (κ2) is 22.5. The zero-order valence-electron chi connectivity index (χ0n) is 32.5. The van der Waals surface area contributed by atoms with Crippen LogP contribution >= 0.6 is 0 Å². The van der Waals surface area contributed by atoms with Gasteiger partial charge < -0.3 is 10.1 Å². The van der Waals surface area contributed by atoms with Crippen LogP contribution in [0, 0.1) is 12.0 Å². The summed E-state index contributed by atoms with van der Waals surface area (Å²) in [4.78, 5) is 16.6. The monoisotopic (exact) mass is 905 g/mol. The van der Waals surface area contributed by atoms with Crippen molar-refractivity contribution in [1.29, 1.82) is 0 Å². The Hall–Kier alpha value is -4.89. The van der Waals surface area contributed by atoms with Crippen LogP contribution < -0.4 is 0 Å². The number of allylic oxidation sites excluding steroid dienone is 3. The molecule has 6 rings (SSSR count). The first-order valence-electron chi connectivity index (χ1n) is 19.5. The van der Waals surface area contributed by atoms with E-state index in [2.05, 4.69) is 104 Å². The van der Waals surface area contributed by atoms with Gasteiger partial charge in [0, 0.05) is 37.9 Å². The molecule has 0 aliphatic rings. The molecule has 3 unspecified atom stereocenters. The van der Waals surface area contributed by atoms with E-state index in [0.29, 0.717) is 23.3 Å². The number of fused-ring (bicyclic) bond motifs is 1. The molecular formula is C51H54IrNO2-. The van der Waals surface area contributed by atoms with Crippen LogP contribution in [0.15, 0.2) is 164 Å². The first-order chi connectivity index (χ1) is 26.4. The van der Waals surface area contributed by atoms with Gasteiger partial charge in [0.15, 0.2) is 5.78 Å². The van der Waals surface area contributed by atoms with Crippen molar-refractivity contribution in [1.82, 2.24) is 4.98 Å². The van der Waals surface area contributed by atoms with E-state index in [1.807, 2.05) is 72.9 Å². The fourth-order valence-corrected chi connectivity index (χ4v) is 7.06. The van der Waals surface area contributed by atoms with E-state index >= 15 is 0 Å². The van der Waals surface area contributed by atoms with Crippen LogP contribution in [0.3, 0.4) is 0 Å². The van der Waals surface area contributed by atoms with E-state index in [0.717, 1.165) is 28.8 Å². The van der Waals surface area contributed by atoms with Crippen molar-refractivity contribution in [2.24, 2.45) is 5.92 Å². The van der Waals surface area contributed by atoms with E-state index in [1.54, 1.807) is 0 Å². The molecule has 0 aliphatic heterocycles. The third-order valence-corrected chi connectivity index (χ3v) is 10.3. The Balaban J connectivity index is 0.000000326. The summed E-state index contributed by atoms with van der Waals surface area (Å²) in [5.74, 6) is 1.52. The van der Waals surface area contributed by atoms with Crippen molar-refractivity contribution in [2.75, 3.05) is 0 Å². The minimum Gasteiger partial charge on any atom is -0.512 e. The van der Waals surface area contributed by atoms with Crippen LogP contribution in [0.4, 0.5) is 0 Å². The van der Waals surface area contributed by atoms with E-state index < -0.39 is 0 Å². The number of unbranched alkanes of at least 4 members (excludes halogenated alkanes) is 1. The molecule has 0 fully saturated rings. The quantitative estimate of drug-likeness (QED) is 0.0346. The van der Waals surface area contributed by atoms with Gasteiger partial charge in [-0.1, -0.05) is 136 Å². The van der Waals surface area contributed by atoms with Crippen molar-refractivity contribution < 1.29 is 30.0 Å². The molecule has 0 bridgehead atoms. The smallest absolute Gasteiger partial charge is 0.189 e. The van der Waals surface area contributed by atoms with Gasteiger partial charge in [0.2, 0.25) is 0 Å². The molecule has 3 atom stereocenters. The maximum Gasteiger partial charge on any atom is 0.189 e. The molecular weight excluding hydrogens is 851 g/mol. The molecule has 0 spiro atoms. The Morgan fingerprint density at radius 3 is 2.07 bits per heavy atom. The van der Waals surface area contributed by atoms with Gasteiger partial charge in [-0.25, -0.2) is 0 Å². The van der Waals surface area contributed by atoms with E-state index in [4.69, 9.17) is 0 Å². The Morgan fingerprint density at radius 2 is 1.42 bits per heavy atom. The molecule has 0 saturated carbocycles. The number of rotatable bonds is 16. The van der Waals surface area contributed by atoms with Crippen LogP contribution in [-0.2, 0) is 20.1 Å². The minimum absolute atomic E-state index is 0. The maximum atomic E-state index is 12.1. The number of pyridine rings is 1. The van der Waals surface area contributed by atoms with Gasteiger partial charge in [-0.15, -0.1) is 42.5 Å². The van der Waals surface area contributed by atoms with E-state index in [1.165, 1.54) is 73.4 Å². The fourth-order valence-electron chi connectivity index (χ4n) is 7.06. The zero-order chi connectivity index (χ0) is 38.1. The van der Waals surface area contributed by atoms with E-state index in [9.17, 15) is 9.90 Å².